The van der Waals surface area contributed by atoms with Gasteiger partial charge < -0.3 is 10.1 Å². The highest BCUT2D eigenvalue weighted by atomic mass is 16.5. The van der Waals surface area contributed by atoms with Crippen LogP contribution >= 0.6 is 0 Å². The highest BCUT2D eigenvalue weighted by molar-refractivity contribution is 5.83. The van der Waals surface area contributed by atoms with Gasteiger partial charge in [0, 0.05) is 0 Å². The van der Waals surface area contributed by atoms with Gasteiger partial charge in [0.25, 0.3) is 0 Å². The van der Waals surface area contributed by atoms with E-state index >= 15 is 0 Å². The van der Waals surface area contributed by atoms with Crippen LogP contribution in [-0.2, 0) is 11.2 Å². The summed E-state index contributed by atoms with van der Waals surface area (Å²) in [6.45, 7) is 3.96. The first-order valence-corrected chi connectivity index (χ1v) is 7.90. The molecule has 1 heterocycles. The summed E-state index contributed by atoms with van der Waals surface area (Å²) in [5, 5.41) is 6.17. The van der Waals surface area contributed by atoms with E-state index in [1.165, 1.54) is 16.3 Å². The van der Waals surface area contributed by atoms with Crippen LogP contribution in [-0.4, -0.2) is 19.2 Å². The van der Waals surface area contributed by atoms with Gasteiger partial charge in [-0.1, -0.05) is 49.4 Å². The molecular weight excluding hydrogens is 258 g/mol. The Morgan fingerprint density at radius 3 is 2.76 bits per heavy atom. The highest BCUT2D eigenvalue weighted by Crippen LogP contribution is 2.20. The monoisotopic (exact) mass is 281 g/mol. The summed E-state index contributed by atoms with van der Waals surface area (Å²) >= 11 is 0. The summed E-state index contributed by atoms with van der Waals surface area (Å²) in [4.78, 5) is 0. The molecule has 2 aromatic rings. The molecule has 110 valence electrons. The zero-order chi connectivity index (χ0) is 14.5. The van der Waals surface area contributed by atoms with Crippen LogP contribution in [0.15, 0.2) is 54.3 Å². The summed E-state index contributed by atoms with van der Waals surface area (Å²) < 4.78 is 5.85. The van der Waals surface area contributed by atoms with Crippen molar-refractivity contribution in [2.24, 2.45) is 0 Å². The number of fused-ring (bicyclic) bond motifs is 1. The highest BCUT2D eigenvalue weighted by Gasteiger charge is 2.17. The Hall–Kier alpha value is -1.80. The Balaban J connectivity index is 1.81. The molecule has 2 aromatic carbocycles. The van der Waals surface area contributed by atoms with Crippen molar-refractivity contribution >= 4 is 10.8 Å². The largest absolute Gasteiger partial charge is 0.497 e. The normalized spacial score (nSPS) is 16.3. The van der Waals surface area contributed by atoms with Crippen LogP contribution in [0, 0.1) is 0 Å². The van der Waals surface area contributed by atoms with Gasteiger partial charge in [-0.3, -0.25) is 0 Å². The summed E-state index contributed by atoms with van der Waals surface area (Å²) in [6, 6.07) is 15.6. The second-order valence-corrected chi connectivity index (χ2v) is 5.59. The molecular formula is C19H23NO. The third kappa shape index (κ3) is 3.45. The van der Waals surface area contributed by atoms with E-state index in [-0.39, 0.29) is 6.04 Å². The third-order valence-electron chi connectivity index (χ3n) is 4.01. The van der Waals surface area contributed by atoms with Crippen LogP contribution in [0.5, 0.6) is 0 Å². The van der Waals surface area contributed by atoms with Crippen molar-refractivity contribution < 1.29 is 4.74 Å². The number of likely N-dealkylation sites (N-methyl/N-ethyl adjacent to an activating group) is 1. The van der Waals surface area contributed by atoms with Gasteiger partial charge in [-0.25, -0.2) is 0 Å². The van der Waals surface area contributed by atoms with Gasteiger partial charge >= 0.3 is 0 Å². The lowest BCUT2D eigenvalue weighted by molar-refractivity contribution is 0.167. The molecule has 2 heteroatoms. The first-order chi connectivity index (χ1) is 10.4. The van der Waals surface area contributed by atoms with Crippen LogP contribution in [0.3, 0.4) is 0 Å². The minimum atomic E-state index is 0.288. The first-order valence-electron chi connectivity index (χ1n) is 7.90. The fourth-order valence-corrected chi connectivity index (χ4v) is 2.94. The Morgan fingerprint density at radius 1 is 1.14 bits per heavy atom. The van der Waals surface area contributed by atoms with Gasteiger partial charge in [0.05, 0.1) is 12.6 Å². The van der Waals surface area contributed by atoms with Crippen molar-refractivity contribution in [2.75, 3.05) is 13.2 Å². The molecule has 0 amide bonds. The Morgan fingerprint density at radius 2 is 2.00 bits per heavy atom. The molecule has 1 aliphatic heterocycles. The fourth-order valence-electron chi connectivity index (χ4n) is 2.94. The molecule has 21 heavy (non-hydrogen) atoms. The maximum Gasteiger partial charge on any atom is 0.109 e. The zero-order valence-corrected chi connectivity index (χ0v) is 12.6. The van der Waals surface area contributed by atoms with E-state index in [1.807, 2.05) is 0 Å². The Labute approximate surface area is 126 Å². The van der Waals surface area contributed by atoms with Crippen LogP contribution in [0.1, 0.15) is 25.3 Å². The van der Waals surface area contributed by atoms with Crippen molar-refractivity contribution in [1.82, 2.24) is 5.32 Å². The zero-order valence-electron chi connectivity index (χ0n) is 12.6. The molecule has 0 saturated carbocycles. The van der Waals surface area contributed by atoms with Gasteiger partial charge in [0.2, 0.25) is 0 Å². The Kier molecular flexibility index (Phi) is 4.56. The second-order valence-electron chi connectivity index (χ2n) is 5.59. The van der Waals surface area contributed by atoms with Crippen molar-refractivity contribution in [3.05, 3.63) is 59.9 Å². The minimum Gasteiger partial charge on any atom is -0.497 e. The van der Waals surface area contributed by atoms with E-state index in [9.17, 15) is 0 Å². The van der Waals surface area contributed by atoms with Crippen molar-refractivity contribution in [3.8, 4) is 0 Å². The molecule has 0 radical (unpaired) electrons. The summed E-state index contributed by atoms with van der Waals surface area (Å²) in [6.07, 6.45) is 5.50. The number of benzene rings is 2. The topological polar surface area (TPSA) is 21.3 Å². The van der Waals surface area contributed by atoms with E-state index in [0.717, 1.165) is 38.2 Å². The van der Waals surface area contributed by atoms with E-state index in [4.69, 9.17) is 4.74 Å². The minimum absolute atomic E-state index is 0.288. The molecule has 0 fully saturated rings. The summed E-state index contributed by atoms with van der Waals surface area (Å²) in [5.41, 5.74) is 1.36. The van der Waals surface area contributed by atoms with Crippen LogP contribution in [0.25, 0.3) is 10.8 Å². The lowest BCUT2D eigenvalue weighted by atomic mass is 9.99. The molecule has 1 N–H and O–H groups in total. The van der Waals surface area contributed by atoms with Crippen molar-refractivity contribution in [3.63, 3.8) is 0 Å². The van der Waals surface area contributed by atoms with Gasteiger partial charge in [-0.2, -0.15) is 0 Å². The SMILES string of the molecule is CCNC(Cc1ccc2ccccc2c1)C1=CCCCO1. The molecule has 0 spiro atoms. The quantitative estimate of drug-likeness (QED) is 0.892. The number of rotatable bonds is 5. The predicted octanol–water partition coefficient (Wildman–Crippen LogP) is 4.05. The predicted molar refractivity (Wildman–Crippen MR) is 88.4 cm³/mol. The molecule has 0 aliphatic carbocycles. The van der Waals surface area contributed by atoms with E-state index in [2.05, 4.69) is 60.8 Å². The molecule has 0 saturated heterocycles. The lowest BCUT2D eigenvalue weighted by Gasteiger charge is -2.24. The molecule has 1 unspecified atom stereocenters. The van der Waals surface area contributed by atoms with Crippen LogP contribution < -0.4 is 5.32 Å². The molecule has 1 atom stereocenters. The average Bonchev–Trinajstić information content (AvgIpc) is 2.55. The summed E-state index contributed by atoms with van der Waals surface area (Å²) in [7, 11) is 0. The van der Waals surface area contributed by atoms with Crippen LogP contribution in [0.2, 0.25) is 0 Å². The maximum absolute atomic E-state index is 5.85. The fraction of sp³-hybridized carbons (Fsp3) is 0.368. The smallest absolute Gasteiger partial charge is 0.109 e. The lowest BCUT2D eigenvalue weighted by Crippen LogP contribution is -2.34. The molecule has 3 rings (SSSR count). The molecule has 0 aromatic heterocycles. The average molecular weight is 281 g/mol. The first kappa shape index (κ1) is 14.2. The van der Waals surface area contributed by atoms with Gasteiger partial charge in [0.1, 0.15) is 5.76 Å². The van der Waals surface area contributed by atoms with Crippen molar-refractivity contribution in [1.29, 1.82) is 0 Å². The van der Waals surface area contributed by atoms with E-state index < -0.39 is 0 Å². The number of allylic oxidation sites excluding steroid dienone is 1. The number of hydrogen-bond donors (Lipinski definition) is 1. The molecule has 1 aliphatic rings. The number of hydrogen-bond acceptors (Lipinski definition) is 2. The number of ether oxygens (including phenoxy) is 1. The molecule has 0 bridgehead atoms. The van der Waals surface area contributed by atoms with E-state index in [1.54, 1.807) is 0 Å². The summed E-state index contributed by atoms with van der Waals surface area (Å²) in [5.74, 6) is 1.12. The number of nitrogens with one attached hydrogen (secondary N) is 1. The van der Waals surface area contributed by atoms with Gasteiger partial charge in [0.15, 0.2) is 0 Å². The van der Waals surface area contributed by atoms with E-state index in [0.29, 0.717) is 0 Å². The van der Waals surface area contributed by atoms with Crippen LogP contribution in [0.4, 0.5) is 0 Å². The van der Waals surface area contributed by atoms with Gasteiger partial charge in [-0.05, 0) is 48.2 Å². The molecule has 2 nitrogen and oxygen atoms in total. The van der Waals surface area contributed by atoms with Crippen molar-refractivity contribution in [2.45, 2.75) is 32.2 Å². The second kappa shape index (κ2) is 6.77. The maximum atomic E-state index is 5.85. The van der Waals surface area contributed by atoms with Gasteiger partial charge in [-0.15, -0.1) is 0 Å². The third-order valence-corrected chi connectivity index (χ3v) is 4.01. The standard InChI is InChI=1S/C19H23NO/c1-2-20-18(19-9-5-6-12-21-19)14-15-10-11-16-7-3-4-8-17(16)13-15/h3-4,7-11,13,18,20H,2,5-6,12,14H2,1H3. The Bertz CT molecular complexity index is 632.